The van der Waals surface area contributed by atoms with Crippen LogP contribution in [-0.2, 0) is 6.42 Å². The molecule has 0 saturated heterocycles. The molecule has 0 aliphatic heterocycles. The first-order valence-corrected chi connectivity index (χ1v) is 9.41. The van der Waals surface area contributed by atoms with E-state index in [-0.39, 0.29) is 0 Å². The highest BCUT2D eigenvalue weighted by atomic mass is 35.5. The Balaban J connectivity index is 1.54. The van der Waals surface area contributed by atoms with Gasteiger partial charge in [0.25, 0.3) is 0 Å². The van der Waals surface area contributed by atoms with Gasteiger partial charge in [0.15, 0.2) is 0 Å². The molecule has 2 saturated carbocycles. The number of halogens is 2. The summed E-state index contributed by atoms with van der Waals surface area (Å²) in [5, 5.41) is 3.68. The van der Waals surface area contributed by atoms with Crippen molar-refractivity contribution in [2.45, 2.75) is 63.8 Å². The van der Waals surface area contributed by atoms with Crippen LogP contribution in [0.5, 0.6) is 0 Å². The number of aryl methyl sites for hydroxylation is 1. The van der Waals surface area contributed by atoms with Crippen molar-refractivity contribution in [3.05, 3.63) is 20.3 Å². The predicted molar refractivity (Wildman–Crippen MR) is 89.2 cm³/mol. The van der Waals surface area contributed by atoms with Crippen molar-refractivity contribution in [2.75, 3.05) is 6.54 Å². The molecule has 1 aromatic rings. The minimum atomic E-state index is 0.555. The van der Waals surface area contributed by atoms with Gasteiger partial charge in [-0.3, -0.25) is 0 Å². The molecule has 2 aliphatic carbocycles. The molecule has 112 valence electrons. The number of hydrogen-bond acceptors (Lipinski definition) is 2. The summed E-state index contributed by atoms with van der Waals surface area (Å²) in [6.07, 6.45) is 12.1. The predicted octanol–water partition coefficient (Wildman–Crippen LogP) is 5.69. The van der Waals surface area contributed by atoms with E-state index < -0.39 is 0 Å². The molecule has 1 aromatic heterocycles. The van der Waals surface area contributed by atoms with Crippen molar-refractivity contribution < 1.29 is 0 Å². The highest BCUT2D eigenvalue weighted by Gasteiger charge is 2.33. The molecule has 2 fully saturated rings. The Bertz CT molecular complexity index is 447. The van der Waals surface area contributed by atoms with Crippen molar-refractivity contribution in [3.63, 3.8) is 0 Å². The summed E-state index contributed by atoms with van der Waals surface area (Å²) in [6, 6.07) is 2.89. The van der Waals surface area contributed by atoms with Gasteiger partial charge in [0, 0.05) is 6.04 Å². The first kappa shape index (κ1) is 15.1. The topological polar surface area (TPSA) is 12.0 Å². The van der Waals surface area contributed by atoms with Crippen LogP contribution in [0.4, 0.5) is 0 Å². The summed E-state index contributed by atoms with van der Waals surface area (Å²) >= 11 is 13.8. The van der Waals surface area contributed by atoms with Crippen molar-refractivity contribution >= 4 is 34.5 Å². The van der Waals surface area contributed by atoms with Crippen LogP contribution in [0.1, 0.15) is 56.9 Å². The Morgan fingerprint density at radius 3 is 2.55 bits per heavy atom. The van der Waals surface area contributed by atoms with E-state index in [2.05, 4.69) is 11.4 Å². The lowest BCUT2D eigenvalue weighted by Crippen LogP contribution is -2.26. The normalized spacial score (nSPS) is 21.5. The second-order valence-electron chi connectivity index (χ2n) is 6.53. The van der Waals surface area contributed by atoms with Gasteiger partial charge in [0.05, 0.1) is 8.67 Å². The highest BCUT2D eigenvalue weighted by molar-refractivity contribution is 7.20. The van der Waals surface area contributed by atoms with Crippen LogP contribution in [0.15, 0.2) is 6.07 Å². The van der Waals surface area contributed by atoms with Crippen molar-refractivity contribution in [1.82, 2.24) is 5.32 Å². The molecule has 4 heteroatoms. The van der Waals surface area contributed by atoms with Gasteiger partial charge < -0.3 is 5.32 Å². The summed E-state index contributed by atoms with van der Waals surface area (Å²) in [6.45, 7) is 1.20. The lowest BCUT2D eigenvalue weighted by molar-refractivity contribution is 0.245. The third kappa shape index (κ3) is 3.91. The van der Waals surface area contributed by atoms with Gasteiger partial charge in [-0.25, -0.2) is 0 Å². The van der Waals surface area contributed by atoms with E-state index in [1.165, 1.54) is 74.8 Å². The van der Waals surface area contributed by atoms with E-state index in [9.17, 15) is 0 Å². The SMILES string of the molecule is Clc1cc(CCC2(CCNC3CC3)CCCC2)c(Cl)s1. The van der Waals surface area contributed by atoms with Crippen LogP contribution in [0.2, 0.25) is 8.67 Å². The first-order chi connectivity index (χ1) is 9.67. The third-order valence-corrected chi connectivity index (χ3v) is 6.55. The Morgan fingerprint density at radius 2 is 1.95 bits per heavy atom. The minimum absolute atomic E-state index is 0.555. The van der Waals surface area contributed by atoms with Crippen LogP contribution in [0.25, 0.3) is 0 Å². The van der Waals surface area contributed by atoms with E-state index >= 15 is 0 Å². The fraction of sp³-hybridized carbons (Fsp3) is 0.750. The second kappa shape index (κ2) is 6.56. The van der Waals surface area contributed by atoms with E-state index in [4.69, 9.17) is 23.2 Å². The average molecular weight is 332 g/mol. The summed E-state index contributed by atoms with van der Waals surface area (Å²) in [7, 11) is 0. The number of rotatable bonds is 7. The quantitative estimate of drug-likeness (QED) is 0.676. The molecular weight excluding hydrogens is 309 g/mol. The zero-order valence-electron chi connectivity index (χ0n) is 11.9. The molecule has 2 aliphatic rings. The van der Waals surface area contributed by atoms with Crippen molar-refractivity contribution in [3.8, 4) is 0 Å². The van der Waals surface area contributed by atoms with Gasteiger partial charge in [0.2, 0.25) is 0 Å². The summed E-state index contributed by atoms with van der Waals surface area (Å²) in [4.78, 5) is 0. The number of nitrogens with one attached hydrogen (secondary N) is 1. The van der Waals surface area contributed by atoms with Crippen LogP contribution in [-0.4, -0.2) is 12.6 Å². The van der Waals surface area contributed by atoms with Gasteiger partial charge in [-0.15, -0.1) is 11.3 Å². The summed E-state index contributed by atoms with van der Waals surface area (Å²) < 4.78 is 1.71. The van der Waals surface area contributed by atoms with Gasteiger partial charge in [-0.2, -0.15) is 0 Å². The van der Waals surface area contributed by atoms with Gasteiger partial charge in [-0.05, 0) is 68.5 Å². The van der Waals surface area contributed by atoms with Gasteiger partial charge in [0.1, 0.15) is 0 Å². The molecule has 0 radical (unpaired) electrons. The monoisotopic (exact) mass is 331 g/mol. The average Bonchev–Trinajstić information content (AvgIpc) is 3.01. The zero-order chi connectivity index (χ0) is 14.0. The fourth-order valence-electron chi connectivity index (χ4n) is 3.52. The Morgan fingerprint density at radius 1 is 1.20 bits per heavy atom. The fourth-order valence-corrected chi connectivity index (χ4v) is 5.07. The maximum atomic E-state index is 6.25. The smallest absolute Gasteiger partial charge is 0.0976 e. The Hall–Kier alpha value is 0.240. The van der Waals surface area contributed by atoms with Crippen molar-refractivity contribution in [2.24, 2.45) is 5.41 Å². The summed E-state index contributed by atoms with van der Waals surface area (Å²) in [5.74, 6) is 0. The molecule has 20 heavy (non-hydrogen) atoms. The van der Waals surface area contributed by atoms with Crippen LogP contribution in [0.3, 0.4) is 0 Å². The number of hydrogen-bond donors (Lipinski definition) is 1. The Kier molecular flexibility index (Phi) is 4.97. The van der Waals surface area contributed by atoms with Gasteiger partial charge in [-0.1, -0.05) is 36.0 Å². The molecule has 0 aromatic carbocycles. The Labute approximate surface area is 136 Å². The van der Waals surface area contributed by atoms with E-state index in [1.807, 2.05) is 0 Å². The molecule has 1 heterocycles. The largest absolute Gasteiger partial charge is 0.314 e. The molecule has 1 N–H and O–H groups in total. The van der Waals surface area contributed by atoms with E-state index in [0.29, 0.717) is 5.41 Å². The van der Waals surface area contributed by atoms with Crippen LogP contribution in [0, 0.1) is 5.41 Å². The minimum Gasteiger partial charge on any atom is -0.314 e. The van der Waals surface area contributed by atoms with Crippen LogP contribution >= 0.6 is 34.5 Å². The first-order valence-electron chi connectivity index (χ1n) is 7.84. The molecule has 1 nitrogen and oxygen atoms in total. The van der Waals surface area contributed by atoms with Crippen molar-refractivity contribution in [1.29, 1.82) is 0 Å². The molecule has 0 spiro atoms. The molecule has 0 bridgehead atoms. The van der Waals surface area contributed by atoms with Gasteiger partial charge >= 0.3 is 0 Å². The zero-order valence-corrected chi connectivity index (χ0v) is 14.2. The molecule has 0 unspecified atom stereocenters. The second-order valence-corrected chi connectivity index (χ2v) is 8.82. The molecular formula is C16H23Cl2NS. The summed E-state index contributed by atoms with van der Waals surface area (Å²) in [5.41, 5.74) is 1.81. The molecule has 3 rings (SSSR count). The van der Waals surface area contributed by atoms with E-state index in [0.717, 1.165) is 21.1 Å². The third-order valence-electron chi connectivity index (χ3n) is 4.98. The number of thiophene rings is 1. The maximum absolute atomic E-state index is 6.25. The highest BCUT2D eigenvalue weighted by Crippen LogP contribution is 2.45. The van der Waals surface area contributed by atoms with Crippen LogP contribution < -0.4 is 5.32 Å². The lowest BCUT2D eigenvalue weighted by atomic mass is 9.78. The van der Waals surface area contributed by atoms with E-state index in [1.54, 1.807) is 0 Å². The standard InChI is InChI=1S/C16H23Cl2NS/c17-14-11-12(15(18)20-14)5-8-16(6-1-2-7-16)9-10-19-13-3-4-13/h11,13,19H,1-10H2. The maximum Gasteiger partial charge on any atom is 0.0976 e. The lowest BCUT2D eigenvalue weighted by Gasteiger charge is -2.29. The molecule has 0 atom stereocenters. The molecule has 0 amide bonds.